The summed E-state index contributed by atoms with van der Waals surface area (Å²) >= 11 is 0. The maximum atomic E-state index is 13.2. The van der Waals surface area contributed by atoms with E-state index in [0.717, 1.165) is 24.1 Å². The Labute approximate surface area is 180 Å². The quantitative estimate of drug-likeness (QED) is 0.522. The van der Waals surface area contributed by atoms with E-state index in [1.165, 1.54) is 12.1 Å². The van der Waals surface area contributed by atoms with Gasteiger partial charge >= 0.3 is 0 Å². The molecule has 1 amide bonds. The van der Waals surface area contributed by atoms with Crippen molar-refractivity contribution in [2.45, 2.75) is 39.2 Å². The van der Waals surface area contributed by atoms with Gasteiger partial charge in [0.15, 0.2) is 0 Å². The van der Waals surface area contributed by atoms with Gasteiger partial charge in [0.1, 0.15) is 5.82 Å². The van der Waals surface area contributed by atoms with Crippen LogP contribution in [0.2, 0.25) is 0 Å². The Morgan fingerprint density at radius 3 is 2.52 bits per heavy atom. The van der Waals surface area contributed by atoms with E-state index in [2.05, 4.69) is 20.4 Å². The number of amides is 1. The number of halogens is 1. The molecular formula is C24H24FN5O. The monoisotopic (exact) mass is 417 g/mol. The zero-order valence-corrected chi connectivity index (χ0v) is 17.8. The Balaban J connectivity index is 0.00000112. The lowest BCUT2D eigenvalue weighted by molar-refractivity contribution is 0.0931. The lowest BCUT2D eigenvalue weighted by Gasteiger charge is -2.17. The summed E-state index contributed by atoms with van der Waals surface area (Å²) in [7, 11) is 0. The molecule has 0 bridgehead atoms. The topological polar surface area (TPSA) is 72.7 Å². The van der Waals surface area contributed by atoms with Gasteiger partial charge in [-0.15, -0.1) is 0 Å². The standard InChI is InChI=1S/C22H18FN5O.C2H6/c1-14-6-9-25-20(10-14)22(7-8-22)27-21(29)18-11-24-13-19-17(18)12-26-28(19)16-4-2-15(23)3-5-16;1-2/h2-6,9-13H,7-8H2,1H3,(H,27,29);1-2H3. The van der Waals surface area contributed by atoms with Crippen LogP contribution in [0.25, 0.3) is 16.6 Å². The van der Waals surface area contributed by atoms with E-state index in [1.807, 2.05) is 32.9 Å². The minimum Gasteiger partial charge on any atom is -0.341 e. The molecule has 1 aliphatic carbocycles. The fraction of sp³-hybridized carbons (Fsp3) is 0.250. The van der Waals surface area contributed by atoms with Crippen molar-refractivity contribution in [2.75, 3.05) is 0 Å². The number of carbonyl (C=O) groups excluding carboxylic acids is 1. The summed E-state index contributed by atoms with van der Waals surface area (Å²) in [6.07, 6.45) is 8.32. The van der Waals surface area contributed by atoms with Crippen LogP contribution in [0.15, 0.2) is 61.2 Å². The van der Waals surface area contributed by atoms with E-state index >= 15 is 0 Å². The lowest BCUT2D eigenvalue weighted by Crippen LogP contribution is -2.35. The zero-order valence-electron chi connectivity index (χ0n) is 17.8. The summed E-state index contributed by atoms with van der Waals surface area (Å²) in [5.74, 6) is -0.523. The number of carbonyl (C=O) groups is 1. The molecule has 0 atom stereocenters. The van der Waals surface area contributed by atoms with Crippen molar-refractivity contribution in [1.82, 2.24) is 25.1 Å². The first-order chi connectivity index (χ1) is 15.1. The van der Waals surface area contributed by atoms with Gasteiger partial charge in [-0.1, -0.05) is 13.8 Å². The van der Waals surface area contributed by atoms with Crippen molar-refractivity contribution >= 4 is 16.8 Å². The van der Waals surface area contributed by atoms with Gasteiger partial charge in [0.2, 0.25) is 0 Å². The fourth-order valence-corrected chi connectivity index (χ4v) is 3.56. The molecule has 31 heavy (non-hydrogen) atoms. The molecule has 0 unspecified atom stereocenters. The molecule has 1 fully saturated rings. The van der Waals surface area contributed by atoms with Crippen molar-refractivity contribution in [2.24, 2.45) is 0 Å². The molecule has 0 saturated heterocycles. The second kappa shape index (κ2) is 8.26. The predicted molar refractivity (Wildman–Crippen MR) is 118 cm³/mol. The average Bonchev–Trinajstić information content (AvgIpc) is 3.45. The molecule has 0 aliphatic heterocycles. The van der Waals surface area contributed by atoms with Crippen LogP contribution in [0.4, 0.5) is 4.39 Å². The maximum Gasteiger partial charge on any atom is 0.254 e. The van der Waals surface area contributed by atoms with Crippen LogP contribution in [-0.4, -0.2) is 25.7 Å². The van der Waals surface area contributed by atoms with Crippen LogP contribution in [-0.2, 0) is 5.54 Å². The van der Waals surface area contributed by atoms with E-state index in [4.69, 9.17) is 0 Å². The number of hydrogen-bond donors (Lipinski definition) is 1. The normalized spacial score (nSPS) is 13.9. The highest BCUT2D eigenvalue weighted by atomic mass is 19.1. The Kier molecular flexibility index (Phi) is 5.50. The molecule has 1 N–H and O–H groups in total. The summed E-state index contributed by atoms with van der Waals surface area (Å²) in [5, 5.41) is 8.22. The molecule has 0 spiro atoms. The predicted octanol–water partition coefficient (Wildman–Crippen LogP) is 4.71. The van der Waals surface area contributed by atoms with Gasteiger partial charge in [-0.2, -0.15) is 5.10 Å². The highest BCUT2D eigenvalue weighted by molar-refractivity contribution is 6.06. The van der Waals surface area contributed by atoms with Crippen molar-refractivity contribution in [3.63, 3.8) is 0 Å². The average molecular weight is 417 g/mol. The van der Waals surface area contributed by atoms with E-state index < -0.39 is 5.54 Å². The third kappa shape index (κ3) is 3.91. The van der Waals surface area contributed by atoms with Crippen LogP contribution in [0, 0.1) is 12.7 Å². The molecule has 5 rings (SSSR count). The zero-order chi connectivity index (χ0) is 22.0. The summed E-state index contributed by atoms with van der Waals surface area (Å²) in [4.78, 5) is 21.8. The van der Waals surface area contributed by atoms with E-state index in [1.54, 1.807) is 41.6 Å². The first-order valence-electron chi connectivity index (χ1n) is 10.4. The van der Waals surface area contributed by atoms with Gasteiger partial charge in [-0.3, -0.25) is 14.8 Å². The van der Waals surface area contributed by atoms with Crippen LogP contribution in [0.3, 0.4) is 0 Å². The number of pyridine rings is 2. The first kappa shape index (κ1) is 20.7. The summed E-state index contributed by atoms with van der Waals surface area (Å²) in [6, 6.07) is 9.97. The first-order valence-corrected chi connectivity index (χ1v) is 10.4. The van der Waals surface area contributed by atoms with E-state index in [9.17, 15) is 9.18 Å². The summed E-state index contributed by atoms with van der Waals surface area (Å²) in [5.41, 5.74) is 3.41. The molecular weight excluding hydrogens is 393 g/mol. The number of benzene rings is 1. The number of aryl methyl sites for hydroxylation is 1. The Bertz CT molecular complexity index is 1230. The molecule has 1 aromatic carbocycles. The molecule has 4 aromatic rings. The third-order valence-corrected chi connectivity index (χ3v) is 5.32. The smallest absolute Gasteiger partial charge is 0.254 e. The molecule has 3 heterocycles. The Morgan fingerprint density at radius 2 is 1.84 bits per heavy atom. The number of rotatable bonds is 4. The van der Waals surface area contributed by atoms with Gasteiger partial charge in [0.05, 0.1) is 40.4 Å². The minimum atomic E-state index is -0.418. The number of nitrogens with zero attached hydrogens (tertiary/aromatic N) is 4. The van der Waals surface area contributed by atoms with Crippen LogP contribution in [0.5, 0.6) is 0 Å². The largest absolute Gasteiger partial charge is 0.341 e. The van der Waals surface area contributed by atoms with Gasteiger partial charge in [0, 0.05) is 17.8 Å². The molecule has 7 heteroatoms. The van der Waals surface area contributed by atoms with Gasteiger partial charge < -0.3 is 5.32 Å². The van der Waals surface area contributed by atoms with Crippen LogP contribution in [0.1, 0.15) is 48.3 Å². The number of fused-ring (bicyclic) bond motifs is 1. The Hall–Kier alpha value is -3.61. The fourth-order valence-electron chi connectivity index (χ4n) is 3.56. The highest BCUT2D eigenvalue weighted by Gasteiger charge is 2.47. The van der Waals surface area contributed by atoms with Crippen molar-refractivity contribution < 1.29 is 9.18 Å². The minimum absolute atomic E-state index is 0.206. The van der Waals surface area contributed by atoms with Gasteiger partial charge in [-0.05, 0) is 61.7 Å². The van der Waals surface area contributed by atoms with E-state index in [0.29, 0.717) is 22.2 Å². The molecule has 1 aliphatic rings. The Morgan fingerprint density at radius 1 is 1.10 bits per heavy atom. The molecule has 3 aromatic heterocycles. The molecule has 0 radical (unpaired) electrons. The molecule has 6 nitrogen and oxygen atoms in total. The third-order valence-electron chi connectivity index (χ3n) is 5.32. The second-order valence-electron chi connectivity index (χ2n) is 7.41. The number of nitrogens with one attached hydrogen (secondary N) is 1. The molecule has 1 saturated carbocycles. The summed E-state index contributed by atoms with van der Waals surface area (Å²) in [6.45, 7) is 6.01. The summed E-state index contributed by atoms with van der Waals surface area (Å²) < 4.78 is 14.9. The number of aromatic nitrogens is 4. The van der Waals surface area contributed by atoms with Gasteiger partial charge in [0.25, 0.3) is 5.91 Å². The molecule has 158 valence electrons. The van der Waals surface area contributed by atoms with Crippen LogP contribution >= 0.6 is 0 Å². The van der Waals surface area contributed by atoms with Crippen molar-refractivity contribution in [3.8, 4) is 5.69 Å². The second-order valence-corrected chi connectivity index (χ2v) is 7.41. The van der Waals surface area contributed by atoms with Crippen LogP contribution < -0.4 is 5.32 Å². The SMILES string of the molecule is CC.Cc1ccnc(C2(NC(=O)c3cncc4c3cnn4-c3ccc(F)cc3)CC2)c1. The van der Waals surface area contributed by atoms with E-state index in [-0.39, 0.29) is 11.7 Å². The highest BCUT2D eigenvalue weighted by Crippen LogP contribution is 2.45. The van der Waals surface area contributed by atoms with Gasteiger partial charge in [-0.25, -0.2) is 9.07 Å². The maximum absolute atomic E-state index is 13.2. The van der Waals surface area contributed by atoms with Crippen molar-refractivity contribution in [3.05, 3.63) is 83.8 Å². The lowest BCUT2D eigenvalue weighted by atomic mass is 10.1. The van der Waals surface area contributed by atoms with Crippen molar-refractivity contribution in [1.29, 1.82) is 0 Å². The number of hydrogen-bond acceptors (Lipinski definition) is 4.